The molecule has 0 aliphatic carbocycles. The number of hydrogen-bond donors (Lipinski definition) is 1. The maximum atomic E-state index is 13.5. The van der Waals surface area contributed by atoms with Crippen LogP contribution in [-0.4, -0.2) is 50.5 Å². The van der Waals surface area contributed by atoms with Crippen molar-refractivity contribution in [2.75, 3.05) is 23.7 Å². The molecule has 8 heteroatoms. The molecular weight excluding hydrogens is 474 g/mol. The summed E-state index contributed by atoms with van der Waals surface area (Å²) in [5, 5.41) is 2.96. The second-order valence-electron chi connectivity index (χ2n) is 9.80. The molecule has 1 N–H and O–H groups in total. The molecule has 198 valence electrons. The van der Waals surface area contributed by atoms with Gasteiger partial charge in [0.2, 0.25) is 21.8 Å². The molecule has 7 nitrogen and oxygen atoms in total. The Labute approximate surface area is 216 Å². The van der Waals surface area contributed by atoms with Gasteiger partial charge < -0.3 is 10.2 Å². The van der Waals surface area contributed by atoms with Gasteiger partial charge in [0, 0.05) is 26.1 Å². The highest BCUT2D eigenvalue weighted by atomic mass is 32.2. The first kappa shape index (κ1) is 29.4. The van der Waals surface area contributed by atoms with Crippen LogP contribution in [0.2, 0.25) is 0 Å². The number of carbonyl (C=O) groups is 2. The van der Waals surface area contributed by atoms with Crippen LogP contribution in [0.4, 0.5) is 5.69 Å². The molecule has 0 fully saturated rings. The van der Waals surface area contributed by atoms with Crippen molar-refractivity contribution < 1.29 is 18.0 Å². The smallest absolute Gasteiger partial charge is 0.242 e. The van der Waals surface area contributed by atoms with Gasteiger partial charge in [-0.05, 0) is 49.8 Å². The first-order valence-corrected chi connectivity index (χ1v) is 14.4. The monoisotopic (exact) mass is 515 g/mol. The molecule has 2 rings (SSSR count). The van der Waals surface area contributed by atoms with E-state index in [-0.39, 0.29) is 24.8 Å². The van der Waals surface area contributed by atoms with Crippen molar-refractivity contribution in [3.05, 3.63) is 65.2 Å². The van der Waals surface area contributed by atoms with Gasteiger partial charge in [-0.3, -0.25) is 13.9 Å². The van der Waals surface area contributed by atoms with E-state index in [2.05, 4.69) is 5.32 Å². The Morgan fingerprint density at radius 1 is 1.00 bits per heavy atom. The van der Waals surface area contributed by atoms with Crippen LogP contribution >= 0.6 is 0 Å². The predicted molar refractivity (Wildman–Crippen MR) is 146 cm³/mol. The highest BCUT2D eigenvalue weighted by Crippen LogP contribution is 2.23. The molecule has 0 heterocycles. The fourth-order valence-electron chi connectivity index (χ4n) is 4.06. The Morgan fingerprint density at radius 2 is 1.64 bits per heavy atom. The highest BCUT2D eigenvalue weighted by molar-refractivity contribution is 7.92. The Morgan fingerprint density at radius 3 is 2.19 bits per heavy atom. The summed E-state index contributed by atoms with van der Waals surface area (Å²) in [7, 11) is -3.52. The van der Waals surface area contributed by atoms with Gasteiger partial charge in [-0.1, -0.05) is 68.8 Å². The van der Waals surface area contributed by atoms with E-state index < -0.39 is 16.1 Å². The molecule has 0 saturated heterocycles. The number of hydrogen-bond acceptors (Lipinski definition) is 4. The number of sulfonamides is 1. The van der Waals surface area contributed by atoms with E-state index in [0.29, 0.717) is 37.5 Å². The second-order valence-corrected chi connectivity index (χ2v) is 11.7. The third-order valence-corrected chi connectivity index (χ3v) is 7.26. The van der Waals surface area contributed by atoms with Crippen LogP contribution in [0.15, 0.2) is 48.5 Å². The van der Waals surface area contributed by atoms with Crippen molar-refractivity contribution >= 4 is 27.5 Å². The zero-order valence-corrected chi connectivity index (χ0v) is 23.3. The van der Waals surface area contributed by atoms with Crippen molar-refractivity contribution in [2.24, 2.45) is 5.92 Å². The number of amides is 2. The first-order chi connectivity index (χ1) is 16.9. The Hall–Kier alpha value is -2.87. The van der Waals surface area contributed by atoms with Crippen LogP contribution in [0.25, 0.3) is 0 Å². The summed E-state index contributed by atoms with van der Waals surface area (Å²) in [6.07, 6.45) is 2.14. The standard InChI is InChI=1S/C28H41N3O4S/c1-7-25(28(33)29-19-21(2)3)30(20-24-16-14-22(4)15-17-24)27(32)13-10-18-31(36(6,34)35)26-12-9-8-11-23(26)5/h8-9,11-12,14-17,21,25H,7,10,13,18-20H2,1-6H3,(H,29,33)/t25-/m0/s1. The molecule has 2 aromatic carbocycles. The van der Waals surface area contributed by atoms with E-state index in [9.17, 15) is 18.0 Å². The Balaban J connectivity index is 2.21. The van der Waals surface area contributed by atoms with Crippen LogP contribution in [0, 0.1) is 19.8 Å². The van der Waals surface area contributed by atoms with Crippen molar-refractivity contribution in [3.8, 4) is 0 Å². The van der Waals surface area contributed by atoms with E-state index in [1.54, 1.807) is 17.0 Å². The average Bonchev–Trinajstić information content (AvgIpc) is 2.81. The van der Waals surface area contributed by atoms with Gasteiger partial charge in [-0.15, -0.1) is 0 Å². The van der Waals surface area contributed by atoms with E-state index in [4.69, 9.17) is 0 Å². The van der Waals surface area contributed by atoms with Gasteiger partial charge in [0.15, 0.2) is 0 Å². The van der Waals surface area contributed by atoms with Gasteiger partial charge in [-0.2, -0.15) is 0 Å². The molecule has 0 bridgehead atoms. The summed E-state index contributed by atoms with van der Waals surface area (Å²) >= 11 is 0. The second kappa shape index (κ2) is 13.4. The molecule has 36 heavy (non-hydrogen) atoms. The number of benzene rings is 2. The fourth-order valence-corrected chi connectivity index (χ4v) is 5.08. The SMILES string of the molecule is CC[C@@H](C(=O)NCC(C)C)N(Cc1ccc(C)cc1)C(=O)CCCN(c1ccccc1C)S(C)(=O)=O. The topological polar surface area (TPSA) is 86.8 Å². The summed E-state index contributed by atoms with van der Waals surface area (Å²) in [5.74, 6) is -0.0270. The normalized spacial score (nSPS) is 12.3. The third-order valence-electron chi connectivity index (χ3n) is 6.08. The summed E-state index contributed by atoms with van der Waals surface area (Å²) < 4.78 is 26.4. The molecule has 0 saturated carbocycles. The van der Waals surface area contributed by atoms with Crippen molar-refractivity contribution in [1.82, 2.24) is 10.2 Å². The number of anilines is 1. The quantitative estimate of drug-likeness (QED) is 0.428. The van der Waals surface area contributed by atoms with Gasteiger partial charge >= 0.3 is 0 Å². The van der Waals surface area contributed by atoms with Crippen LogP contribution in [0.5, 0.6) is 0 Å². The van der Waals surface area contributed by atoms with Crippen LogP contribution in [0.3, 0.4) is 0 Å². The number of nitrogens with zero attached hydrogens (tertiary/aromatic N) is 2. The molecule has 2 aromatic rings. The zero-order valence-electron chi connectivity index (χ0n) is 22.5. The lowest BCUT2D eigenvalue weighted by molar-refractivity contribution is -0.141. The lowest BCUT2D eigenvalue weighted by Gasteiger charge is -2.31. The summed E-state index contributed by atoms with van der Waals surface area (Å²) in [4.78, 5) is 28.1. The summed E-state index contributed by atoms with van der Waals surface area (Å²) in [6.45, 7) is 10.9. The molecule has 0 spiro atoms. The van der Waals surface area contributed by atoms with E-state index in [1.165, 1.54) is 10.6 Å². The number of para-hydroxylation sites is 1. The van der Waals surface area contributed by atoms with Crippen molar-refractivity contribution in [1.29, 1.82) is 0 Å². The highest BCUT2D eigenvalue weighted by Gasteiger charge is 2.29. The number of aryl methyl sites for hydroxylation is 2. The molecule has 1 atom stereocenters. The van der Waals surface area contributed by atoms with E-state index >= 15 is 0 Å². The largest absolute Gasteiger partial charge is 0.354 e. The maximum absolute atomic E-state index is 13.5. The minimum Gasteiger partial charge on any atom is -0.354 e. The van der Waals surface area contributed by atoms with Crippen LogP contribution in [-0.2, 0) is 26.2 Å². The maximum Gasteiger partial charge on any atom is 0.242 e. The number of rotatable bonds is 13. The van der Waals surface area contributed by atoms with Gasteiger partial charge in [-0.25, -0.2) is 8.42 Å². The van der Waals surface area contributed by atoms with Crippen molar-refractivity contribution in [3.63, 3.8) is 0 Å². The summed E-state index contributed by atoms with van der Waals surface area (Å²) in [6, 6.07) is 14.6. The van der Waals surface area contributed by atoms with Crippen LogP contribution in [0.1, 0.15) is 56.7 Å². The van der Waals surface area contributed by atoms with E-state index in [0.717, 1.165) is 16.7 Å². The number of carbonyl (C=O) groups excluding carboxylic acids is 2. The molecule has 0 aromatic heterocycles. The molecule has 0 radical (unpaired) electrons. The van der Waals surface area contributed by atoms with Gasteiger partial charge in [0.1, 0.15) is 6.04 Å². The third kappa shape index (κ3) is 8.66. The summed E-state index contributed by atoms with van der Waals surface area (Å²) in [5.41, 5.74) is 3.53. The molecule has 0 unspecified atom stereocenters. The molecule has 0 aliphatic rings. The fraction of sp³-hybridized carbons (Fsp3) is 0.500. The van der Waals surface area contributed by atoms with E-state index in [1.807, 2.05) is 71.0 Å². The predicted octanol–water partition coefficient (Wildman–Crippen LogP) is 4.43. The van der Waals surface area contributed by atoms with Crippen LogP contribution < -0.4 is 9.62 Å². The minimum absolute atomic E-state index is 0.137. The van der Waals surface area contributed by atoms with Crippen molar-refractivity contribution in [2.45, 2.75) is 66.5 Å². The lowest BCUT2D eigenvalue weighted by atomic mass is 10.1. The zero-order chi connectivity index (χ0) is 26.9. The molecule has 2 amide bonds. The Kier molecular flexibility index (Phi) is 11.0. The molecule has 0 aliphatic heterocycles. The van der Waals surface area contributed by atoms with Gasteiger partial charge in [0.05, 0.1) is 11.9 Å². The van der Waals surface area contributed by atoms with Gasteiger partial charge in [0.25, 0.3) is 0 Å². The first-order valence-electron chi connectivity index (χ1n) is 12.6. The lowest BCUT2D eigenvalue weighted by Crippen LogP contribution is -2.49. The minimum atomic E-state index is -3.52. The Bertz CT molecular complexity index is 1110. The average molecular weight is 516 g/mol. The number of nitrogens with one attached hydrogen (secondary N) is 1. The molecular formula is C28H41N3O4S.